The molecule has 2 unspecified atom stereocenters. The molecule has 0 bridgehead atoms. The van der Waals surface area contributed by atoms with Gasteiger partial charge in [-0.05, 0) is 125 Å². The molecule has 1 amide bonds. The Morgan fingerprint density at radius 1 is 0.757 bits per heavy atom. The number of nitrogens with one attached hydrogen (secondary N) is 2. The molecule has 2 aliphatic rings. The standard InChI is InChI=1S/C27H33N5O2.C25H27N5O3S.C2H6/c1-5-32(6-2)15-14-29-24-12-11-21-22(24)8-7-9-23(21)26-30-27(34-31-26)19-10-13-25(33-18(3)4)20(16-19)17-28;1-15(2)32-22-11-8-16(12-17(22)13-26)25-27-24(28-33-25)20-7-5-6-19-18(20)9-10-21(19)29-34-14-23(31)30(3)4;1-2/h7-10,13,16,18,24,29H,5-6,11-12,14-15H2,1-4H3;5-8,11-12,15,21,29H,9-10,14H2,1-4H3;1-2H3. The number of ether oxygens (including phenoxy) is 2. The van der Waals surface area contributed by atoms with Crippen LogP contribution in [0.5, 0.6) is 11.5 Å². The molecule has 8 rings (SSSR count). The molecule has 16 heteroatoms. The van der Waals surface area contributed by atoms with Crippen LogP contribution in [0.2, 0.25) is 0 Å². The molecule has 0 saturated heterocycles. The first-order chi connectivity index (χ1) is 33.9. The number of nitriles is 2. The van der Waals surface area contributed by atoms with Gasteiger partial charge >= 0.3 is 0 Å². The van der Waals surface area contributed by atoms with Crippen LogP contribution in [0.3, 0.4) is 0 Å². The van der Waals surface area contributed by atoms with Gasteiger partial charge in [0, 0.05) is 61.5 Å². The summed E-state index contributed by atoms with van der Waals surface area (Å²) in [5.41, 5.74) is 9.18. The minimum atomic E-state index is -0.0293. The van der Waals surface area contributed by atoms with E-state index in [-0.39, 0.29) is 24.2 Å². The highest BCUT2D eigenvalue weighted by molar-refractivity contribution is 7.98. The first-order valence-electron chi connectivity index (χ1n) is 24.3. The zero-order valence-corrected chi connectivity index (χ0v) is 42.9. The van der Waals surface area contributed by atoms with Crippen molar-refractivity contribution in [3.63, 3.8) is 0 Å². The van der Waals surface area contributed by atoms with Crippen LogP contribution in [0, 0.1) is 22.7 Å². The summed E-state index contributed by atoms with van der Waals surface area (Å²) in [6, 6.07) is 28.0. The lowest BCUT2D eigenvalue weighted by atomic mass is 10.0. The van der Waals surface area contributed by atoms with E-state index in [9.17, 15) is 15.3 Å². The van der Waals surface area contributed by atoms with Crippen LogP contribution in [-0.4, -0.2) is 94.2 Å². The summed E-state index contributed by atoms with van der Waals surface area (Å²) in [5, 5.41) is 31.3. The van der Waals surface area contributed by atoms with Gasteiger partial charge in [0.05, 0.1) is 29.1 Å². The predicted octanol–water partition coefficient (Wildman–Crippen LogP) is 10.4. The predicted molar refractivity (Wildman–Crippen MR) is 275 cm³/mol. The van der Waals surface area contributed by atoms with Crippen LogP contribution in [0.1, 0.15) is 114 Å². The van der Waals surface area contributed by atoms with Gasteiger partial charge in [-0.25, -0.2) is 0 Å². The van der Waals surface area contributed by atoms with Crippen molar-refractivity contribution in [3.05, 3.63) is 106 Å². The zero-order chi connectivity index (χ0) is 50.3. The number of benzene rings is 4. The van der Waals surface area contributed by atoms with Crippen molar-refractivity contribution in [2.24, 2.45) is 0 Å². The normalized spacial score (nSPS) is 14.5. The Bertz CT molecular complexity index is 2770. The van der Waals surface area contributed by atoms with E-state index in [1.54, 1.807) is 43.3 Å². The van der Waals surface area contributed by atoms with E-state index in [0.717, 1.165) is 63.0 Å². The number of hydrogen-bond acceptors (Lipinski definition) is 15. The Morgan fingerprint density at radius 2 is 1.24 bits per heavy atom. The lowest BCUT2D eigenvalue weighted by Gasteiger charge is -2.20. The fourth-order valence-electron chi connectivity index (χ4n) is 8.45. The van der Waals surface area contributed by atoms with Crippen molar-refractivity contribution in [2.45, 2.75) is 105 Å². The van der Waals surface area contributed by atoms with E-state index in [2.05, 4.69) is 85.5 Å². The number of nitrogens with zero attached hydrogens (tertiary/aromatic N) is 8. The van der Waals surface area contributed by atoms with Crippen LogP contribution in [0.25, 0.3) is 45.7 Å². The van der Waals surface area contributed by atoms with E-state index in [4.69, 9.17) is 18.5 Å². The molecule has 0 radical (unpaired) electrons. The lowest BCUT2D eigenvalue weighted by molar-refractivity contribution is -0.125. The van der Waals surface area contributed by atoms with Crippen molar-refractivity contribution in [3.8, 4) is 69.3 Å². The lowest BCUT2D eigenvalue weighted by Crippen LogP contribution is -2.33. The van der Waals surface area contributed by atoms with E-state index in [0.29, 0.717) is 69.0 Å². The Morgan fingerprint density at radius 3 is 1.70 bits per heavy atom. The Hall–Kier alpha value is -6.56. The molecule has 2 heterocycles. The topological polar surface area (TPSA) is 191 Å². The van der Waals surface area contributed by atoms with Crippen molar-refractivity contribution in [1.82, 2.24) is 40.1 Å². The van der Waals surface area contributed by atoms with Gasteiger partial charge < -0.3 is 33.6 Å². The molecule has 2 atom stereocenters. The largest absolute Gasteiger partial charge is 0.490 e. The summed E-state index contributed by atoms with van der Waals surface area (Å²) < 4.78 is 26.0. The second-order valence-electron chi connectivity index (χ2n) is 17.4. The molecule has 0 saturated carbocycles. The number of fused-ring (bicyclic) bond motifs is 2. The highest BCUT2D eigenvalue weighted by Gasteiger charge is 2.28. The molecular weight excluding hydrogens is 901 g/mol. The fourth-order valence-corrected chi connectivity index (χ4v) is 9.36. The summed E-state index contributed by atoms with van der Waals surface area (Å²) in [5.74, 6) is 3.40. The minimum Gasteiger partial charge on any atom is -0.490 e. The summed E-state index contributed by atoms with van der Waals surface area (Å²) in [7, 11) is 3.52. The van der Waals surface area contributed by atoms with Gasteiger partial charge in [0.25, 0.3) is 11.8 Å². The van der Waals surface area contributed by atoms with Gasteiger partial charge in [0.1, 0.15) is 23.6 Å². The molecule has 2 aliphatic carbocycles. The number of hydrogen-bond donors (Lipinski definition) is 2. The quantitative estimate of drug-likeness (QED) is 0.0773. The van der Waals surface area contributed by atoms with Crippen LogP contribution in [-0.2, 0) is 17.6 Å². The van der Waals surface area contributed by atoms with Crippen molar-refractivity contribution in [1.29, 1.82) is 10.5 Å². The molecule has 4 aromatic carbocycles. The first kappa shape index (κ1) is 52.8. The molecule has 15 nitrogen and oxygen atoms in total. The Labute approximate surface area is 417 Å². The first-order valence-corrected chi connectivity index (χ1v) is 25.3. The number of carbonyl (C=O) groups is 1. The van der Waals surface area contributed by atoms with E-state index < -0.39 is 0 Å². The molecule has 0 spiro atoms. The maximum atomic E-state index is 11.8. The van der Waals surface area contributed by atoms with Gasteiger partial charge in [-0.3, -0.25) is 9.52 Å². The highest BCUT2D eigenvalue weighted by atomic mass is 32.2. The molecule has 6 aromatic rings. The molecular formula is C54H66N10O5S. The average molecular weight is 967 g/mol. The van der Waals surface area contributed by atoms with Crippen LogP contribution >= 0.6 is 11.9 Å². The molecule has 2 aromatic heterocycles. The van der Waals surface area contributed by atoms with Crippen LogP contribution < -0.4 is 19.5 Å². The zero-order valence-electron chi connectivity index (χ0n) is 42.1. The van der Waals surface area contributed by atoms with E-state index in [1.807, 2.05) is 65.8 Å². The number of carbonyl (C=O) groups excluding carboxylic acids is 1. The van der Waals surface area contributed by atoms with Crippen molar-refractivity contribution < 1.29 is 23.3 Å². The van der Waals surface area contributed by atoms with Gasteiger partial charge in [-0.2, -0.15) is 20.5 Å². The summed E-state index contributed by atoms with van der Waals surface area (Å²) in [6.07, 6.45) is 3.83. The van der Waals surface area contributed by atoms with E-state index in [1.165, 1.54) is 34.2 Å². The minimum absolute atomic E-state index is 0.0105. The Balaban J connectivity index is 0.000000222. The van der Waals surface area contributed by atoms with Crippen LogP contribution in [0.4, 0.5) is 0 Å². The Kier molecular flexibility index (Phi) is 19.1. The fraction of sp³-hybridized carbons (Fsp3) is 0.426. The van der Waals surface area contributed by atoms with Crippen molar-refractivity contribution >= 4 is 17.9 Å². The van der Waals surface area contributed by atoms with Gasteiger partial charge in [0.15, 0.2) is 0 Å². The van der Waals surface area contributed by atoms with Gasteiger partial charge in [-0.1, -0.05) is 86.4 Å². The van der Waals surface area contributed by atoms with Crippen molar-refractivity contribution in [2.75, 3.05) is 46.0 Å². The second kappa shape index (κ2) is 25.3. The third-order valence-corrected chi connectivity index (χ3v) is 12.8. The molecule has 0 aliphatic heterocycles. The molecule has 368 valence electrons. The third kappa shape index (κ3) is 13.0. The molecule has 2 N–H and O–H groups in total. The van der Waals surface area contributed by atoms with Gasteiger partial charge in [0.2, 0.25) is 17.6 Å². The maximum absolute atomic E-state index is 11.8. The smallest absolute Gasteiger partial charge is 0.258 e. The number of likely N-dealkylation sites (N-methyl/N-ethyl adjacent to an activating group) is 1. The maximum Gasteiger partial charge on any atom is 0.258 e. The molecule has 70 heavy (non-hydrogen) atoms. The summed E-state index contributed by atoms with van der Waals surface area (Å²) >= 11 is 1.43. The van der Waals surface area contributed by atoms with E-state index >= 15 is 0 Å². The molecule has 0 fully saturated rings. The number of aromatic nitrogens is 4. The van der Waals surface area contributed by atoms with Crippen LogP contribution in [0.15, 0.2) is 81.8 Å². The monoisotopic (exact) mass is 966 g/mol. The second-order valence-corrected chi connectivity index (χ2v) is 18.2. The number of amides is 1. The summed E-state index contributed by atoms with van der Waals surface area (Å²) in [6.45, 7) is 20.3. The average Bonchev–Trinajstić information content (AvgIpc) is 4.21. The summed E-state index contributed by atoms with van der Waals surface area (Å²) in [4.78, 5) is 25.2. The third-order valence-electron chi connectivity index (χ3n) is 11.9. The SMILES string of the molecule is CC.CC(C)Oc1ccc(-c2nc(-c3cccc4c3CCC4NSCC(=O)N(C)C)no2)cc1C#N.CCN(CC)CCNC1CCc2c(-c3noc(-c4ccc(OC(C)C)c(C#N)c4)n3)cccc21. The number of rotatable bonds is 18. The van der Waals surface area contributed by atoms with Gasteiger partial charge in [-0.15, -0.1) is 0 Å². The highest BCUT2D eigenvalue weighted by Crippen LogP contribution is 2.40.